The van der Waals surface area contributed by atoms with Crippen LogP contribution in [0.5, 0.6) is 0 Å². The molecule has 0 aliphatic rings. The average molecular weight is 415 g/mol. The van der Waals surface area contributed by atoms with Crippen LogP contribution in [0.1, 0.15) is 118 Å². The minimum Gasteiger partial charge on any atom is -0.481 e. The number of unbranched alkanes of at least 4 members (excludes halogenated alkanes) is 10. The number of carbonyl (C=O) groups is 2. The minimum atomic E-state index is -1.61. The van der Waals surface area contributed by atoms with Gasteiger partial charge in [0, 0.05) is 0 Å². The highest BCUT2D eigenvalue weighted by Crippen LogP contribution is 2.37. The van der Waals surface area contributed by atoms with Crippen molar-refractivity contribution in [1.29, 1.82) is 0 Å². The highest BCUT2D eigenvalue weighted by Gasteiger charge is 2.48. The van der Waals surface area contributed by atoms with E-state index < -0.39 is 23.5 Å². The lowest BCUT2D eigenvalue weighted by Gasteiger charge is -2.33. The Morgan fingerprint density at radius 2 is 1.21 bits per heavy atom. The zero-order valence-electron chi connectivity index (χ0n) is 19.4. The molecule has 0 aromatic rings. The number of aliphatic hydroxyl groups excluding tert-OH is 1. The normalized spacial score (nSPS) is 12.9. The van der Waals surface area contributed by atoms with Crippen LogP contribution in [-0.4, -0.2) is 34.9 Å². The van der Waals surface area contributed by atoms with E-state index in [1.54, 1.807) is 0 Å². The first-order chi connectivity index (χ1) is 13.8. The molecule has 5 nitrogen and oxygen atoms in total. The van der Waals surface area contributed by atoms with Crippen LogP contribution in [0.3, 0.4) is 0 Å². The summed E-state index contributed by atoms with van der Waals surface area (Å²) in [6.07, 6.45) is 11.4. The number of hydrogen-bond donors (Lipinski definition) is 2. The van der Waals surface area contributed by atoms with Crippen molar-refractivity contribution in [2.24, 2.45) is 11.3 Å². The molecule has 0 fully saturated rings. The number of aliphatic hydroxyl groups is 1. The van der Waals surface area contributed by atoms with Gasteiger partial charge in [-0.05, 0) is 18.8 Å². The highest BCUT2D eigenvalue weighted by molar-refractivity contribution is 5.86. The van der Waals surface area contributed by atoms with Gasteiger partial charge in [0.2, 0.25) is 0 Å². The SMILES string of the molecule is CCCCCCCCC(CCCCCCCC)(C(=O)O)C(O)C(=O)OCC(C)C. The largest absolute Gasteiger partial charge is 0.481 e. The van der Waals surface area contributed by atoms with Crippen molar-refractivity contribution in [2.45, 2.75) is 124 Å². The number of ether oxygens (including phenoxy) is 1. The van der Waals surface area contributed by atoms with Crippen molar-refractivity contribution in [1.82, 2.24) is 0 Å². The maximum atomic E-state index is 12.4. The Kier molecular flexibility index (Phi) is 16.0. The predicted molar refractivity (Wildman–Crippen MR) is 118 cm³/mol. The summed E-state index contributed by atoms with van der Waals surface area (Å²) in [5.41, 5.74) is -1.44. The molecule has 1 atom stereocenters. The summed E-state index contributed by atoms with van der Waals surface area (Å²) in [6.45, 7) is 8.34. The monoisotopic (exact) mass is 414 g/mol. The van der Waals surface area contributed by atoms with Gasteiger partial charge in [-0.1, -0.05) is 105 Å². The molecule has 0 aromatic heterocycles. The molecule has 0 saturated heterocycles. The molecule has 0 aliphatic heterocycles. The topological polar surface area (TPSA) is 83.8 Å². The zero-order valence-corrected chi connectivity index (χ0v) is 19.4. The fourth-order valence-corrected chi connectivity index (χ4v) is 3.72. The molecule has 0 saturated carbocycles. The van der Waals surface area contributed by atoms with Crippen LogP contribution in [0.15, 0.2) is 0 Å². The van der Waals surface area contributed by atoms with Crippen molar-refractivity contribution in [2.75, 3.05) is 6.61 Å². The third-order valence-corrected chi connectivity index (χ3v) is 5.68. The van der Waals surface area contributed by atoms with E-state index in [-0.39, 0.29) is 12.5 Å². The Balaban J connectivity index is 5.01. The summed E-state index contributed by atoms with van der Waals surface area (Å²) in [5.74, 6) is -1.73. The molecule has 0 aromatic carbocycles. The fourth-order valence-electron chi connectivity index (χ4n) is 3.72. The second-order valence-corrected chi connectivity index (χ2v) is 8.92. The molecule has 0 rings (SSSR count). The zero-order chi connectivity index (χ0) is 22.1. The molecular formula is C24H46O5. The van der Waals surface area contributed by atoms with Crippen molar-refractivity contribution in [3.05, 3.63) is 0 Å². The molecule has 0 bridgehead atoms. The Labute approximate surface area is 178 Å². The molecule has 0 amide bonds. The maximum Gasteiger partial charge on any atom is 0.336 e. The van der Waals surface area contributed by atoms with Gasteiger partial charge in [-0.2, -0.15) is 0 Å². The molecular weight excluding hydrogens is 368 g/mol. The molecule has 5 heteroatoms. The van der Waals surface area contributed by atoms with Gasteiger partial charge in [-0.25, -0.2) is 4.79 Å². The van der Waals surface area contributed by atoms with Gasteiger partial charge in [0.15, 0.2) is 6.10 Å². The van der Waals surface area contributed by atoms with Crippen LogP contribution in [0.2, 0.25) is 0 Å². The van der Waals surface area contributed by atoms with Crippen LogP contribution in [-0.2, 0) is 14.3 Å². The summed E-state index contributed by atoms with van der Waals surface area (Å²) in [6, 6.07) is 0. The molecule has 0 heterocycles. The first kappa shape index (κ1) is 27.9. The van der Waals surface area contributed by atoms with Crippen LogP contribution >= 0.6 is 0 Å². The molecule has 2 N–H and O–H groups in total. The van der Waals surface area contributed by atoms with E-state index in [0.717, 1.165) is 51.4 Å². The Morgan fingerprint density at radius 1 is 0.793 bits per heavy atom. The molecule has 0 spiro atoms. The lowest BCUT2D eigenvalue weighted by Crippen LogP contribution is -2.48. The van der Waals surface area contributed by atoms with Crippen LogP contribution in [0.25, 0.3) is 0 Å². The summed E-state index contributed by atoms with van der Waals surface area (Å²) in [5, 5.41) is 20.8. The van der Waals surface area contributed by atoms with Crippen molar-refractivity contribution >= 4 is 11.9 Å². The quantitative estimate of drug-likeness (QED) is 0.196. The standard InChI is InChI=1S/C24H46O5/c1-5-7-9-11-13-15-17-24(23(27)28,18-16-14-12-10-8-6-2)21(25)22(26)29-19-20(3)4/h20-21,25H,5-19H2,1-4H3,(H,27,28). The van der Waals surface area contributed by atoms with Crippen molar-refractivity contribution < 1.29 is 24.5 Å². The van der Waals surface area contributed by atoms with Crippen molar-refractivity contribution in [3.63, 3.8) is 0 Å². The van der Waals surface area contributed by atoms with Gasteiger partial charge in [-0.15, -0.1) is 0 Å². The van der Waals surface area contributed by atoms with E-state index in [2.05, 4.69) is 13.8 Å². The van der Waals surface area contributed by atoms with E-state index in [9.17, 15) is 19.8 Å². The van der Waals surface area contributed by atoms with Crippen LogP contribution in [0, 0.1) is 11.3 Å². The second kappa shape index (κ2) is 16.7. The minimum absolute atomic E-state index is 0.141. The third-order valence-electron chi connectivity index (χ3n) is 5.68. The maximum absolute atomic E-state index is 12.4. The first-order valence-electron chi connectivity index (χ1n) is 11.9. The molecule has 0 aliphatic carbocycles. The van der Waals surface area contributed by atoms with E-state index in [4.69, 9.17) is 4.74 Å². The summed E-state index contributed by atoms with van der Waals surface area (Å²) >= 11 is 0. The average Bonchev–Trinajstić information content (AvgIpc) is 2.68. The smallest absolute Gasteiger partial charge is 0.336 e. The van der Waals surface area contributed by atoms with E-state index in [1.165, 1.54) is 12.8 Å². The number of carbonyl (C=O) groups excluding carboxylic acids is 1. The summed E-state index contributed by atoms with van der Waals surface area (Å²) in [4.78, 5) is 24.7. The van der Waals surface area contributed by atoms with Gasteiger partial charge in [0.1, 0.15) is 5.41 Å². The number of carboxylic acids is 1. The predicted octanol–water partition coefficient (Wildman–Crippen LogP) is 6.12. The summed E-state index contributed by atoms with van der Waals surface area (Å²) in [7, 11) is 0. The molecule has 0 radical (unpaired) electrons. The van der Waals surface area contributed by atoms with Gasteiger partial charge in [0.25, 0.3) is 0 Å². The van der Waals surface area contributed by atoms with Crippen LogP contribution < -0.4 is 0 Å². The number of aliphatic carboxylic acids is 1. The number of rotatable bonds is 19. The molecule has 1 unspecified atom stereocenters. The van der Waals surface area contributed by atoms with Gasteiger partial charge >= 0.3 is 11.9 Å². The Morgan fingerprint density at radius 3 is 1.59 bits per heavy atom. The number of carboxylic acid groups (broad SMARTS) is 1. The highest BCUT2D eigenvalue weighted by atomic mass is 16.5. The van der Waals surface area contributed by atoms with E-state index in [0.29, 0.717) is 25.7 Å². The molecule has 172 valence electrons. The third kappa shape index (κ3) is 11.6. The van der Waals surface area contributed by atoms with E-state index in [1.807, 2.05) is 13.8 Å². The summed E-state index contributed by atoms with van der Waals surface area (Å²) < 4.78 is 5.19. The Bertz CT molecular complexity index is 417. The first-order valence-corrected chi connectivity index (χ1v) is 11.9. The van der Waals surface area contributed by atoms with Gasteiger partial charge in [-0.3, -0.25) is 4.79 Å². The lowest BCUT2D eigenvalue weighted by molar-refractivity contribution is -0.176. The van der Waals surface area contributed by atoms with Gasteiger partial charge in [0.05, 0.1) is 6.61 Å². The molecule has 29 heavy (non-hydrogen) atoms. The number of esters is 1. The van der Waals surface area contributed by atoms with Crippen molar-refractivity contribution in [3.8, 4) is 0 Å². The fraction of sp³-hybridized carbons (Fsp3) is 0.917. The second-order valence-electron chi connectivity index (χ2n) is 8.92. The Hall–Kier alpha value is -1.10. The van der Waals surface area contributed by atoms with Gasteiger partial charge < -0.3 is 14.9 Å². The number of hydrogen-bond acceptors (Lipinski definition) is 4. The van der Waals surface area contributed by atoms with E-state index >= 15 is 0 Å². The van der Waals surface area contributed by atoms with Crippen LogP contribution in [0.4, 0.5) is 0 Å². The lowest BCUT2D eigenvalue weighted by atomic mass is 9.73.